The van der Waals surface area contributed by atoms with Crippen LogP contribution in [0.5, 0.6) is 0 Å². The Morgan fingerprint density at radius 1 is 1.54 bits per heavy atom. The topological polar surface area (TPSA) is 38.3 Å². The number of piperidine rings is 1. The van der Waals surface area contributed by atoms with Crippen LogP contribution in [-0.4, -0.2) is 25.2 Å². The van der Waals surface area contributed by atoms with Gasteiger partial charge in [0.2, 0.25) is 0 Å². The zero-order valence-corrected chi connectivity index (χ0v) is 8.51. The molecule has 0 radical (unpaired) electrons. The third-order valence-corrected chi connectivity index (χ3v) is 2.63. The highest BCUT2D eigenvalue weighted by Crippen LogP contribution is 2.21. The predicted molar refractivity (Wildman–Crippen MR) is 51.4 cm³/mol. The third-order valence-electron chi connectivity index (χ3n) is 2.63. The summed E-state index contributed by atoms with van der Waals surface area (Å²) in [7, 11) is 0. The lowest BCUT2D eigenvalue weighted by Crippen LogP contribution is -2.35. The van der Waals surface area contributed by atoms with E-state index in [1.807, 2.05) is 0 Å². The first-order valence-corrected chi connectivity index (χ1v) is 5.12. The lowest BCUT2D eigenvalue weighted by atomic mass is 9.91. The summed E-state index contributed by atoms with van der Waals surface area (Å²) in [6.07, 6.45) is 3.33. The van der Waals surface area contributed by atoms with E-state index < -0.39 is 0 Å². The Morgan fingerprint density at radius 2 is 2.15 bits per heavy atom. The molecule has 0 aromatic rings. The first kappa shape index (κ1) is 10.5. The lowest BCUT2D eigenvalue weighted by Gasteiger charge is -2.29. The molecule has 0 saturated carbocycles. The number of esters is 1. The van der Waals surface area contributed by atoms with Crippen molar-refractivity contribution < 1.29 is 9.53 Å². The van der Waals surface area contributed by atoms with E-state index in [1.54, 1.807) is 0 Å². The van der Waals surface area contributed by atoms with Gasteiger partial charge in [0.1, 0.15) is 6.10 Å². The second-order valence-electron chi connectivity index (χ2n) is 3.64. The second-order valence-corrected chi connectivity index (χ2v) is 3.64. The molecule has 1 aliphatic rings. The van der Waals surface area contributed by atoms with Gasteiger partial charge in [-0.05, 0) is 38.3 Å². The molecule has 1 rings (SSSR count). The summed E-state index contributed by atoms with van der Waals surface area (Å²) in [5, 5.41) is 3.31. The average Bonchev–Trinajstić information content (AvgIpc) is 2.15. The Balaban J connectivity index is 2.39. The Hall–Kier alpha value is -0.570. The molecule has 0 aliphatic carbocycles. The van der Waals surface area contributed by atoms with E-state index in [0.717, 1.165) is 32.4 Å². The van der Waals surface area contributed by atoms with Gasteiger partial charge < -0.3 is 10.1 Å². The van der Waals surface area contributed by atoms with Crippen molar-refractivity contribution in [3.63, 3.8) is 0 Å². The number of hydrogen-bond donors (Lipinski definition) is 1. The van der Waals surface area contributed by atoms with E-state index in [4.69, 9.17) is 4.74 Å². The van der Waals surface area contributed by atoms with Crippen LogP contribution in [0.1, 0.15) is 33.1 Å². The fourth-order valence-electron chi connectivity index (χ4n) is 1.94. The predicted octanol–water partition coefficient (Wildman–Crippen LogP) is 1.33. The molecule has 0 aromatic carbocycles. The third kappa shape index (κ3) is 3.35. The van der Waals surface area contributed by atoms with Gasteiger partial charge in [-0.2, -0.15) is 0 Å². The highest BCUT2D eigenvalue weighted by atomic mass is 16.5. The molecule has 76 valence electrons. The maximum Gasteiger partial charge on any atom is 0.302 e. The first-order valence-electron chi connectivity index (χ1n) is 5.12. The Bertz CT molecular complexity index is 164. The van der Waals surface area contributed by atoms with Crippen molar-refractivity contribution in [3.05, 3.63) is 0 Å². The van der Waals surface area contributed by atoms with Crippen molar-refractivity contribution in [2.75, 3.05) is 13.1 Å². The molecule has 1 aliphatic heterocycles. The molecule has 0 aromatic heterocycles. The molecule has 3 nitrogen and oxygen atoms in total. The number of nitrogens with one attached hydrogen (secondary N) is 1. The number of carbonyl (C=O) groups is 1. The van der Waals surface area contributed by atoms with Gasteiger partial charge in [-0.3, -0.25) is 4.79 Å². The van der Waals surface area contributed by atoms with Crippen molar-refractivity contribution in [2.45, 2.75) is 39.2 Å². The summed E-state index contributed by atoms with van der Waals surface area (Å²) in [5.41, 5.74) is 0. The minimum absolute atomic E-state index is 0.139. The van der Waals surface area contributed by atoms with Gasteiger partial charge >= 0.3 is 5.97 Å². The Labute approximate surface area is 79.8 Å². The van der Waals surface area contributed by atoms with Gasteiger partial charge in [0, 0.05) is 6.92 Å². The summed E-state index contributed by atoms with van der Waals surface area (Å²) in [4.78, 5) is 10.8. The Morgan fingerprint density at radius 3 is 2.62 bits per heavy atom. The molecule has 1 saturated heterocycles. The SMILES string of the molecule is CCC(OC(C)=O)C1CCNCC1. The van der Waals surface area contributed by atoms with E-state index in [1.165, 1.54) is 6.92 Å². The molecule has 1 heterocycles. The van der Waals surface area contributed by atoms with Gasteiger partial charge in [-0.15, -0.1) is 0 Å². The molecule has 0 amide bonds. The molecule has 1 N–H and O–H groups in total. The van der Waals surface area contributed by atoms with Crippen LogP contribution in [0.15, 0.2) is 0 Å². The fraction of sp³-hybridized carbons (Fsp3) is 0.900. The van der Waals surface area contributed by atoms with Crippen LogP contribution in [0, 0.1) is 5.92 Å². The van der Waals surface area contributed by atoms with E-state index in [0.29, 0.717) is 5.92 Å². The highest BCUT2D eigenvalue weighted by Gasteiger charge is 2.24. The summed E-state index contributed by atoms with van der Waals surface area (Å²) < 4.78 is 5.27. The van der Waals surface area contributed by atoms with Crippen LogP contribution in [0.4, 0.5) is 0 Å². The second kappa shape index (κ2) is 5.22. The van der Waals surface area contributed by atoms with Gasteiger partial charge in [0.25, 0.3) is 0 Å². The van der Waals surface area contributed by atoms with Crippen molar-refractivity contribution in [1.82, 2.24) is 5.32 Å². The summed E-state index contributed by atoms with van der Waals surface area (Å²) in [5.74, 6) is 0.417. The van der Waals surface area contributed by atoms with Crippen LogP contribution in [0.3, 0.4) is 0 Å². The van der Waals surface area contributed by atoms with Crippen molar-refractivity contribution in [1.29, 1.82) is 0 Å². The smallest absolute Gasteiger partial charge is 0.302 e. The summed E-state index contributed by atoms with van der Waals surface area (Å²) in [6.45, 7) is 5.68. The van der Waals surface area contributed by atoms with Crippen molar-refractivity contribution in [2.24, 2.45) is 5.92 Å². The molecular weight excluding hydrogens is 166 g/mol. The van der Waals surface area contributed by atoms with Crippen molar-refractivity contribution >= 4 is 5.97 Å². The van der Waals surface area contributed by atoms with Crippen LogP contribution >= 0.6 is 0 Å². The normalized spacial score (nSPS) is 21.1. The number of rotatable bonds is 3. The fourth-order valence-corrected chi connectivity index (χ4v) is 1.94. The van der Waals surface area contributed by atoms with Gasteiger partial charge in [-0.25, -0.2) is 0 Å². The Kier molecular flexibility index (Phi) is 4.22. The quantitative estimate of drug-likeness (QED) is 0.674. The molecule has 1 fully saturated rings. The zero-order chi connectivity index (χ0) is 9.68. The zero-order valence-electron chi connectivity index (χ0n) is 8.51. The highest BCUT2D eigenvalue weighted by molar-refractivity contribution is 5.66. The molecule has 0 spiro atoms. The number of carbonyl (C=O) groups excluding carboxylic acids is 1. The summed E-state index contributed by atoms with van der Waals surface area (Å²) >= 11 is 0. The van der Waals surface area contributed by atoms with Gasteiger partial charge in [-0.1, -0.05) is 6.92 Å². The van der Waals surface area contributed by atoms with Gasteiger partial charge in [0.05, 0.1) is 0 Å². The van der Waals surface area contributed by atoms with Crippen LogP contribution in [0.25, 0.3) is 0 Å². The average molecular weight is 185 g/mol. The van der Waals surface area contributed by atoms with E-state index in [-0.39, 0.29) is 12.1 Å². The molecular formula is C10H19NO2. The maximum absolute atomic E-state index is 10.8. The first-order chi connectivity index (χ1) is 6.24. The lowest BCUT2D eigenvalue weighted by molar-refractivity contribution is -0.149. The standard InChI is InChI=1S/C10H19NO2/c1-3-10(13-8(2)12)9-4-6-11-7-5-9/h9-11H,3-7H2,1-2H3. The molecule has 1 atom stereocenters. The van der Waals surface area contributed by atoms with Crippen LogP contribution in [-0.2, 0) is 9.53 Å². The van der Waals surface area contributed by atoms with Crippen molar-refractivity contribution in [3.8, 4) is 0 Å². The van der Waals surface area contributed by atoms with Gasteiger partial charge in [0.15, 0.2) is 0 Å². The minimum Gasteiger partial charge on any atom is -0.462 e. The number of ether oxygens (including phenoxy) is 1. The van der Waals surface area contributed by atoms with E-state index >= 15 is 0 Å². The maximum atomic E-state index is 10.8. The monoisotopic (exact) mass is 185 g/mol. The van der Waals surface area contributed by atoms with E-state index in [2.05, 4.69) is 12.2 Å². The number of hydrogen-bond acceptors (Lipinski definition) is 3. The molecule has 0 bridgehead atoms. The van der Waals surface area contributed by atoms with Crippen LogP contribution in [0.2, 0.25) is 0 Å². The molecule has 3 heteroatoms. The minimum atomic E-state index is -0.148. The van der Waals surface area contributed by atoms with E-state index in [9.17, 15) is 4.79 Å². The van der Waals surface area contributed by atoms with Crippen LogP contribution < -0.4 is 5.32 Å². The largest absolute Gasteiger partial charge is 0.462 e. The summed E-state index contributed by atoms with van der Waals surface area (Å²) in [6, 6.07) is 0. The molecule has 13 heavy (non-hydrogen) atoms. The molecule has 1 unspecified atom stereocenters.